The first-order valence-corrected chi connectivity index (χ1v) is 12.7. The fourth-order valence-corrected chi connectivity index (χ4v) is 4.90. The Bertz CT molecular complexity index is 1660. The molecule has 0 unspecified atom stereocenters. The number of aromatic nitrogens is 2. The smallest absolute Gasteiger partial charge is 0.339 e. The van der Waals surface area contributed by atoms with Crippen molar-refractivity contribution in [1.29, 1.82) is 0 Å². The average molecular weight is 547 g/mol. The molecule has 9 heteroatoms. The van der Waals surface area contributed by atoms with Crippen molar-refractivity contribution in [2.24, 2.45) is 0 Å². The van der Waals surface area contributed by atoms with Gasteiger partial charge in [0.15, 0.2) is 5.75 Å². The molecule has 6 rings (SSSR count). The van der Waals surface area contributed by atoms with Crippen LogP contribution in [0.4, 0.5) is 0 Å². The predicted molar refractivity (Wildman–Crippen MR) is 143 cm³/mol. The molecule has 0 atom stereocenters. The summed E-state index contributed by atoms with van der Waals surface area (Å²) in [7, 11) is 0. The van der Waals surface area contributed by atoms with Crippen molar-refractivity contribution in [3.63, 3.8) is 0 Å². The van der Waals surface area contributed by atoms with E-state index in [4.69, 9.17) is 37.2 Å². The zero-order valence-electron chi connectivity index (χ0n) is 19.9. The largest absolute Gasteiger partial charge is 0.489 e. The van der Waals surface area contributed by atoms with E-state index in [2.05, 4.69) is 10.1 Å². The maximum atomic E-state index is 11.5. The molecule has 1 N–H and O–H groups in total. The van der Waals surface area contributed by atoms with Crippen molar-refractivity contribution < 1.29 is 23.9 Å². The SMILES string of the molecule is O=C(O)c1ccncc1Oc1ccc2cc(OCc3c(-c4c(Cl)cccc4Cl)noc3C3CC3)ccc2c1. The number of carboxylic acids is 1. The summed E-state index contributed by atoms with van der Waals surface area (Å²) in [5.41, 5.74) is 2.12. The third kappa shape index (κ3) is 4.78. The molecular weight excluding hydrogens is 527 g/mol. The van der Waals surface area contributed by atoms with E-state index in [1.165, 1.54) is 18.5 Å². The van der Waals surface area contributed by atoms with Gasteiger partial charge < -0.3 is 19.1 Å². The molecule has 0 amide bonds. The first-order chi connectivity index (χ1) is 18.5. The van der Waals surface area contributed by atoms with E-state index in [1.54, 1.807) is 24.3 Å². The van der Waals surface area contributed by atoms with Gasteiger partial charge in [-0.05, 0) is 66.1 Å². The Hall–Kier alpha value is -4.07. The molecule has 190 valence electrons. The molecule has 0 bridgehead atoms. The summed E-state index contributed by atoms with van der Waals surface area (Å²) in [5.74, 6) is 1.41. The number of rotatable bonds is 8. The molecule has 0 spiro atoms. The van der Waals surface area contributed by atoms with Crippen LogP contribution in [0.2, 0.25) is 10.0 Å². The standard InChI is InChI=1S/C29H20Cl2N2O5/c30-23-2-1-3-24(31)26(23)27-22(28(38-33-27)16-4-5-16)15-36-19-8-6-18-13-20(9-7-17(18)12-19)37-25-14-32-11-10-21(25)29(34)35/h1-3,6-14,16H,4-5,15H2,(H,34,35). The van der Waals surface area contributed by atoms with Crippen LogP contribution in [0.25, 0.3) is 22.0 Å². The highest BCUT2D eigenvalue weighted by Crippen LogP contribution is 2.46. The zero-order chi connectivity index (χ0) is 26.2. The van der Waals surface area contributed by atoms with E-state index in [0.717, 1.165) is 34.9 Å². The molecule has 1 aliphatic rings. The van der Waals surface area contributed by atoms with Gasteiger partial charge in [0.1, 0.15) is 35.1 Å². The number of nitrogens with zero attached hydrogens (tertiary/aromatic N) is 2. The van der Waals surface area contributed by atoms with Gasteiger partial charge in [0.25, 0.3) is 0 Å². The zero-order valence-corrected chi connectivity index (χ0v) is 21.4. The quantitative estimate of drug-likeness (QED) is 0.210. The molecular formula is C29H20Cl2N2O5. The van der Waals surface area contributed by atoms with E-state index in [1.807, 2.05) is 30.3 Å². The number of pyridine rings is 1. The summed E-state index contributed by atoms with van der Waals surface area (Å²) in [6.07, 6.45) is 4.89. The molecule has 3 aromatic carbocycles. The van der Waals surface area contributed by atoms with Crippen molar-refractivity contribution in [3.8, 4) is 28.5 Å². The summed E-state index contributed by atoms with van der Waals surface area (Å²) in [5, 5.41) is 16.5. The lowest BCUT2D eigenvalue weighted by Gasteiger charge is -2.11. The molecule has 1 fully saturated rings. The second kappa shape index (κ2) is 10.0. The van der Waals surface area contributed by atoms with E-state index in [0.29, 0.717) is 38.7 Å². The second-order valence-corrected chi connectivity index (χ2v) is 9.80. The number of carboxylic acid groups (broad SMARTS) is 1. The number of benzene rings is 3. The number of fused-ring (bicyclic) bond motifs is 1. The van der Waals surface area contributed by atoms with Crippen LogP contribution in [0.1, 0.15) is 40.4 Å². The first kappa shape index (κ1) is 24.3. The summed E-state index contributed by atoms with van der Waals surface area (Å²) < 4.78 is 17.7. The van der Waals surface area contributed by atoms with Gasteiger partial charge in [-0.1, -0.05) is 46.6 Å². The van der Waals surface area contributed by atoms with Crippen LogP contribution in [0.3, 0.4) is 0 Å². The highest BCUT2D eigenvalue weighted by atomic mass is 35.5. The lowest BCUT2D eigenvalue weighted by Crippen LogP contribution is -2.00. The average Bonchev–Trinajstić information content (AvgIpc) is 3.67. The van der Waals surface area contributed by atoms with E-state index < -0.39 is 5.97 Å². The minimum Gasteiger partial charge on any atom is -0.489 e. The van der Waals surface area contributed by atoms with Crippen LogP contribution < -0.4 is 9.47 Å². The molecule has 0 saturated heterocycles. The Morgan fingerprint density at radius 1 is 1.00 bits per heavy atom. The summed E-state index contributed by atoms with van der Waals surface area (Å²) >= 11 is 12.9. The predicted octanol–water partition coefficient (Wildman–Crippen LogP) is 8.14. The molecule has 5 aromatic rings. The van der Waals surface area contributed by atoms with Gasteiger partial charge >= 0.3 is 5.97 Å². The van der Waals surface area contributed by atoms with Gasteiger partial charge in [-0.3, -0.25) is 4.98 Å². The molecule has 38 heavy (non-hydrogen) atoms. The van der Waals surface area contributed by atoms with Crippen molar-refractivity contribution >= 4 is 39.9 Å². The Labute approximate surface area is 227 Å². The lowest BCUT2D eigenvalue weighted by molar-refractivity contribution is 0.0694. The number of ether oxygens (including phenoxy) is 2. The van der Waals surface area contributed by atoms with Crippen molar-refractivity contribution in [2.75, 3.05) is 0 Å². The van der Waals surface area contributed by atoms with Crippen LogP contribution >= 0.6 is 23.2 Å². The van der Waals surface area contributed by atoms with Gasteiger partial charge in [0, 0.05) is 17.7 Å². The monoisotopic (exact) mass is 546 g/mol. The number of halogens is 2. The van der Waals surface area contributed by atoms with Crippen LogP contribution in [0.15, 0.2) is 77.6 Å². The third-order valence-corrected chi connectivity index (χ3v) is 7.01. The minimum atomic E-state index is -1.08. The van der Waals surface area contributed by atoms with Crippen LogP contribution in [0.5, 0.6) is 17.2 Å². The molecule has 1 saturated carbocycles. The van der Waals surface area contributed by atoms with Crippen molar-refractivity contribution in [3.05, 3.63) is 100.0 Å². The van der Waals surface area contributed by atoms with Crippen molar-refractivity contribution in [2.45, 2.75) is 25.4 Å². The van der Waals surface area contributed by atoms with Crippen molar-refractivity contribution in [1.82, 2.24) is 10.1 Å². The van der Waals surface area contributed by atoms with Crippen LogP contribution in [-0.4, -0.2) is 21.2 Å². The van der Waals surface area contributed by atoms with Crippen LogP contribution in [-0.2, 0) is 6.61 Å². The van der Waals surface area contributed by atoms with Gasteiger partial charge in [0.05, 0.1) is 21.8 Å². The Kier molecular flexibility index (Phi) is 6.39. The van der Waals surface area contributed by atoms with E-state index in [9.17, 15) is 9.90 Å². The fraction of sp³-hybridized carbons (Fsp3) is 0.138. The second-order valence-electron chi connectivity index (χ2n) is 8.98. The van der Waals surface area contributed by atoms with E-state index in [-0.39, 0.29) is 17.9 Å². The summed E-state index contributed by atoms with van der Waals surface area (Å²) in [6, 6.07) is 17.9. The van der Waals surface area contributed by atoms with Crippen LogP contribution in [0, 0.1) is 0 Å². The normalized spacial score (nSPS) is 13.0. The number of aromatic carboxylic acids is 1. The molecule has 7 nitrogen and oxygen atoms in total. The third-order valence-electron chi connectivity index (χ3n) is 6.38. The topological polar surface area (TPSA) is 94.7 Å². The Morgan fingerprint density at radius 2 is 1.71 bits per heavy atom. The lowest BCUT2D eigenvalue weighted by atomic mass is 10.0. The summed E-state index contributed by atoms with van der Waals surface area (Å²) in [6.45, 7) is 0.248. The molecule has 1 aliphatic carbocycles. The summed E-state index contributed by atoms with van der Waals surface area (Å²) in [4.78, 5) is 15.4. The molecule has 2 aromatic heterocycles. The molecule has 0 aliphatic heterocycles. The first-order valence-electron chi connectivity index (χ1n) is 11.9. The van der Waals surface area contributed by atoms with Gasteiger partial charge in [-0.25, -0.2) is 4.79 Å². The highest BCUT2D eigenvalue weighted by Gasteiger charge is 2.33. The number of hydrogen-bond donors (Lipinski definition) is 1. The maximum absolute atomic E-state index is 11.5. The number of hydrogen-bond acceptors (Lipinski definition) is 6. The maximum Gasteiger partial charge on any atom is 0.339 e. The number of carbonyl (C=O) groups is 1. The van der Waals surface area contributed by atoms with Gasteiger partial charge in [0.2, 0.25) is 0 Å². The van der Waals surface area contributed by atoms with Gasteiger partial charge in [-0.2, -0.15) is 0 Å². The van der Waals surface area contributed by atoms with Gasteiger partial charge in [-0.15, -0.1) is 0 Å². The molecule has 2 heterocycles. The van der Waals surface area contributed by atoms with E-state index >= 15 is 0 Å². The molecule has 0 radical (unpaired) electrons. The highest BCUT2D eigenvalue weighted by molar-refractivity contribution is 6.39. The fourth-order valence-electron chi connectivity index (χ4n) is 4.32. The Morgan fingerprint density at radius 3 is 2.42 bits per heavy atom. The Balaban J connectivity index is 1.25. The minimum absolute atomic E-state index is 0.0422.